The topological polar surface area (TPSA) is 43.1 Å². The number of carbonyl (C=O) groups excluding carboxylic acids is 1. The Balaban J connectivity index is 2.12. The highest BCUT2D eigenvalue weighted by atomic mass is 35.5. The number of halogens is 2. The first-order valence-corrected chi connectivity index (χ1v) is 6.67. The fourth-order valence-corrected chi connectivity index (χ4v) is 2.20. The van der Waals surface area contributed by atoms with Gasteiger partial charge in [0.05, 0.1) is 10.0 Å². The van der Waals surface area contributed by atoms with Crippen LogP contribution in [0.4, 0.5) is 0 Å². The van der Waals surface area contributed by atoms with Crippen LogP contribution in [0, 0.1) is 0 Å². The van der Waals surface area contributed by atoms with Gasteiger partial charge in [-0.25, -0.2) is 4.98 Å². The summed E-state index contributed by atoms with van der Waals surface area (Å²) < 4.78 is 5.66. The van der Waals surface area contributed by atoms with Gasteiger partial charge in [-0.2, -0.15) is 0 Å². The summed E-state index contributed by atoms with van der Waals surface area (Å²) in [6.45, 7) is 1.52. The fourth-order valence-electron chi connectivity index (χ4n) is 1.90. The summed E-state index contributed by atoms with van der Waals surface area (Å²) in [6.07, 6.45) is 0. The lowest BCUT2D eigenvalue weighted by Crippen LogP contribution is -1.90. The van der Waals surface area contributed by atoms with E-state index in [-0.39, 0.29) is 5.78 Å². The van der Waals surface area contributed by atoms with Crippen LogP contribution in [0.5, 0.6) is 0 Å². The molecule has 0 radical (unpaired) electrons. The SMILES string of the molecule is CC(=O)c1ccc2oc(-c3ccc(Cl)c(Cl)c3)nc2c1. The van der Waals surface area contributed by atoms with Crippen molar-refractivity contribution in [2.24, 2.45) is 0 Å². The summed E-state index contributed by atoms with van der Waals surface area (Å²) in [6, 6.07) is 10.3. The van der Waals surface area contributed by atoms with E-state index in [1.807, 2.05) is 0 Å². The molecule has 0 saturated carbocycles. The quantitative estimate of drug-likeness (QED) is 0.625. The van der Waals surface area contributed by atoms with Crippen LogP contribution in [0.25, 0.3) is 22.6 Å². The average molecular weight is 306 g/mol. The van der Waals surface area contributed by atoms with Gasteiger partial charge in [0.15, 0.2) is 11.4 Å². The molecule has 0 amide bonds. The van der Waals surface area contributed by atoms with E-state index >= 15 is 0 Å². The molecule has 0 aliphatic rings. The van der Waals surface area contributed by atoms with Crippen LogP contribution in [-0.2, 0) is 0 Å². The van der Waals surface area contributed by atoms with E-state index in [2.05, 4.69) is 4.98 Å². The van der Waals surface area contributed by atoms with Gasteiger partial charge in [-0.1, -0.05) is 23.2 Å². The van der Waals surface area contributed by atoms with Crippen molar-refractivity contribution in [3.05, 3.63) is 52.0 Å². The second-order valence-corrected chi connectivity index (χ2v) is 5.20. The third kappa shape index (κ3) is 2.30. The molecule has 0 aliphatic heterocycles. The van der Waals surface area contributed by atoms with E-state index in [0.29, 0.717) is 32.6 Å². The lowest BCUT2D eigenvalue weighted by molar-refractivity contribution is 0.101. The van der Waals surface area contributed by atoms with E-state index in [1.165, 1.54) is 6.92 Å². The standard InChI is InChI=1S/C15H9Cl2NO2/c1-8(19)9-3-5-14-13(7-9)18-15(20-14)10-2-4-11(16)12(17)6-10/h2-7H,1H3. The Morgan fingerprint density at radius 1 is 1.10 bits per heavy atom. The highest BCUT2D eigenvalue weighted by molar-refractivity contribution is 6.42. The molecule has 1 aromatic heterocycles. The molecule has 0 N–H and O–H groups in total. The first kappa shape index (κ1) is 13.2. The molecule has 3 aromatic rings. The number of carbonyl (C=O) groups is 1. The molecule has 1 heterocycles. The van der Waals surface area contributed by atoms with Crippen molar-refractivity contribution in [3.8, 4) is 11.5 Å². The van der Waals surface area contributed by atoms with Crippen LogP contribution in [0.2, 0.25) is 10.0 Å². The van der Waals surface area contributed by atoms with E-state index in [1.54, 1.807) is 36.4 Å². The van der Waals surface area contributed by atoms with Gasteiger partial charge in [0.25, 0.3) is 0 Å². The average Bonchev–Trinajstić information content (AvgIpc) is 2.84. The molecule has 2 aromatic carbocycles. The van der Waals surface area contributed by atoms with Crippen LogP contribution < -0.4 is 0 Å². The van der Waals surface area contributed by atoms with Crippen LogP contribution in [0.15, 0.2) is 40.8 Å². The number of oxazole rings is 1. The Hall–Kier alpha value is -1.84. The fraction of sp³-hybridized carbons (Fsp3) is 0.0667. The predicted octanol–water partition coefficient (Wildman–Crippen LogP) is 5.00. The van der Waals surface area contributed by atoms with Crippen molar-refractivity contribution in [2.45, 2.75) is 6.92 Å². The zero-order valence-electron chi connectivity index (χ0n) is 10.5. The molecule has 5 heteroatoms. The Morgan fingerprint density at radius 3 is 2.60 bits per heavy atom. The number of fused-ring (bicyclic) bond motifs is 1. The Kier molecular flexibility index (Phi) is 3.24. The zero-order valence-corrected chi connectivity index (χ0v) is 12.0. The highest BCUT2D eigenvalue weighted by Crippen LogP contribution is 2.30. The van der Waals surface area contributed by atoms with Gasteiger partial charge in [0.1, 0.15) is 5.52 Å². The van der Waals surface area contributed by atoms with Crippen molar-refractivity contribution in [2.75, 3.05) is 0 Å². The van der Waals surface area contributed by atoms with Crippen molar-refractivity contribution in [3.63, 3.8) is 0 Å². The van der Waals surface area contributed by atoms with Crippen molar-refractivity contribution in [1.82, 2.24) is 4.98 Å². The molecule has 0 unspecified atom stereocenters. The Bertz CT molecular complexity index is 824. The van der Waals surface area contributed by atoms with Crippen molar-refractivity contribution in [1.29, 1.82) is 0 Å². The maximum absolute atomic E-state index is 11.4. The minimum absolute atomic E-state index is 0.00835. The van der Waals surface area contributed by atoms with Gasteiger partial charge >= 0.3 is 0 Å². The summed E-state index contributed by atoms with van der Waals surface area (Å²) in [7, 11) is 0. The van der Waals surface area contributed by atoms with Crippen molar-refractivity contribution < 1.29 is 9.21 Å². The van der Waals surface area contributed by atoms with Crippen LogP contribution in [0.3, 0.4) is 0 Å². The van der Waals surface area contributed by atoms with Crippen LogP contribution in [0.1, 0.15) is 17.3 Å². The zero-order chi connectivity index (χ0) is 14.3. The number of hydrogen-bond acceptors (Lipinski definition) is 3. The number of Topliss-reactive ketones (excluding diaryl/α,β-unsaturated/α-hetero) is 1. The van der Waals surface area contributed by atoms with E-state index < -0.39 is 0 Å². The van der Waals surface area contributed by atoms with Gasteiger partial charge in [-0.3, -0.25) is 4.79 Å². The highest BCUT2D eigenvalue weighted by Gasteiger charge is 2.11. The number of aromatic nitrogens is 1. The number of nitrogens with zero attached hydrogens (tertiary/aromatic N) is 1. The van der Waals surface area contributed by atoms with Gasteiger partial charge in [-0.15, -0.1) is 0 Å². The number of benzene rings is 2. The summed E-state index contributed by atoms with van der Waals surface area (Å²) in [4.78, 5) is 15.7. The second kappa shape index (κ2) is 4.93. The van der Waals surface area contributed by atoms with Gasteiger partial charge < -0.3 is 4.42 Å². The molecule has 0 fully saturated rings. The summed E-state index contributed by atoms with van der Waals surface area (Å²) in [5.74, 6) is 0.435. The summed E-state index contributed by atoms with van der Waals surface area (Å²) in [5, 5.41) is 0.918. The minimum Gasteiger partial charge on any atom is -0.436 e. The first-order chi connectivity index (χ1) is 9.54. The molecule has 0 aliphatic carbocycles. The number of ketones is 1. The molecular formula is C15H9Cl2NO2. The third-order valence-corrected chi connectivity index (χ3v) is 3.70. The largest absolute Gasteiger partial charge is 0.436 e. The maximum atomic E-state index is 11.4. The van der Waals surface area contributed by atoms with Crippen LogP contribution in [-0.4, -0.2) is 10.8 Å². The van der Waals surface area contributed by atoms with Gasteiger partial charge in [0, 0.05) is 11.1 Å². The molecule has 3 nitrogen and oxygen atoms in total. The van der Waals surface area contributed by atoms with E-state index in [0.717, 1.165) is 5.56 Å². The maximum Gasteiger partial charge on any atom is 0.227 e. The molecule has 100 valence electrons. The molecule has 3 rings (SSSR count). The van der Waals surface area contributed by atoms with E-state index in [4.69, 9.17) is 27.6 Å². The molecule has 20 heavy (non-hydrogen) atoms. The summed E-state index contributed by atoms with van der Waals surface area (Å²) in [5.41, 5.74) is 2.60. The van der Waals surface area contributed by atoms with Crippen LogP contribution >= 0.6 is 23.2 Å². The lowest BCUT2D eigenvalue weighted by atomic mass is 10.1. The predicted molar refractivity (Wildman–Crippen MR) is 79.5 cm³/mol. The Morgan fingerprint density at radius 2 is 1.90 bits per heavy atom. The molecule has 0 atom stereocenters. The van der Waals surface area contributed by atoms with Gasteiger partial charge in [0.2, 0.25) is 5.89 Å². The third-order valence-electron chi connectivity index (χ3n) is 2.96. The smallest absolute Gasteiger partial charge is 0.227 e. The molecule has 0 spiro atoms. The van der Waals surface area contributed by atoms with Crippen molar-refractivity contribution >= 4 is 40.1 Å². The number of rotatable bonds is 2. The first-order valence-electron chi connectivity index (χ1n) is 5.91. The molecule has 0 saturated heterocycles. The monoisotopic (exact) mass is 305 g/mol. The normalized spacial score (nSPS) is 10.9. The van der Waals surface area contributed by atoms with Gasteiger partial charge in [-0.05, 0) is 43.3 Å². The number of hydrogen-bond donors (Lipinski definition) is 0. The van der Waals surface area contributed by atoms with E-state index in [9.17, 15) is 4.79 Å². The summed E-state index contributed by atoms with van der Waals surface area (Å²) >= 11 is 11.9. The molecule has 0 bridgehead atoms. The lowest BCUT2D eigenvalue weighted by Gasteiger charge is -1.97. The molecular weight excluding hydrogens is 297 g/mol. The minimum atomic E-state index is -0.00835. The second-order valence-electron chi connectivity index (χ2n) is 4.39. The Labute approximate surface area is 125 Å².